The van der Waals surface area contributed by atoms with E-state index in [1.165, 1.54) is 0 Å². The molecular weight excluding hydrogens is 556 g/mol. The highest BCUT2D eigenvalue weighted by molar-refractivity contribution is 6.35. The number of carbonyl (C=O) groups excluding carboxylic acids is 3. The van der Waals surface area contributed by atoms with Crippen LogP contribution in [0.5, 0.6) is 0 Å². The van der Waals surface area contributed by atoms with Gasteiger partial charge in [0.2, 0.25) is 0 Å². The number of aliphatic hydroxyl groups is 1. The normalized spacial score (nSPS) is 14.7. The second-order valence-corrected chi connectivity index (χ2v) is 11.0. The van der Waals surface area contributed by atoms with Gasteiger partial charge in [0.05, 0.1) is 23.7 Å². The second-order valence-electron chi connectivity index (χ2n) is 11.0. The van der Waals surface area contributed by atoms with Crippen LogP contribution < -0.4 is 16.0 Å². The van der Waals surface area contributed by atoms with E-state index in [-0.39, 0.29) is 30.3 Å². The molecule has 6 rings (SSSR count). The van der Waals surface area contributed by atoms with Gasteiger partial charge in [0.1, 0.15) is 17.4 Å². The van der Waals surface area contributed by atoms with Crippen LogP contribution in [-0.4, -0.2) is 34.4 Å². The molecule has 5 N–H and O–H groups in total. The fraction of sp³-hybridized carbons (Fsp3) is 0.171. The zero-order valence-corrected chi connectivity index (χ0v) is 24.5. The number of benzene rings is 3. The third-order valence-corrected chi connectivity index (χ3v) is 7.93. The molecule has 0 saturated heterocycles. The van der Waals surface area contributed by atoms with Crippen LogP contribution in [-0.2, 0) is 4.79 Å². The number of hydrogen-bond acceptors (Lipinski definition) is 5. The van der Waals surface area contributed by atoms with E-state index in [4.69, 9.17) is 4.42 Å². The van der Waals surface area contributed by atoms with Crippen molar-refractivity contribution in [3.05, 3.63) is 124 Å². The number of nitrogens with one attached hydrogen (secondary N) is 4. The molecule has 0 aliphatic carbocycles. The Morgan fingerprint density at radius 1 is 0.977 bits per heavy atom. The highest BCUT2D eigenvalue weighted by Gasteiger charge is 2.27. The minimum atomic E-state index is -1.02. The van der Waals surface area contributed by atoms with Crippen molar-refractivity contribution in [1.29, 1.82) is 0 Å². The van der Waals surface area contributed by atoms with Gasteiger partial charge in [-0.25, -0.2) is 0 Å². The van der Waals surface area contributed by atoms with Crippen LogP contribution >= 0.6 is 0 Å². The molecule has 0 bridgehead atoms. The fourth-order valence-electron chi connectivity index (χ4n) is 5.53. The Balaban J connectivity index is 1.19. The second kappa shape index (κ2) is 11.7. The highest BCUT2D eigenvalue weighted by Crippen LogP contribution is 2.35. The molecular formula is C35H32N4O5. The molecule has 5 aromatic rings. The third-order valence-electron chi connectivity index (χ3n) is 7.93. The van der Waals surface area contributed by atoms with E-state index in [9.17, 15) is 19.5 Å². The van der Waals surface area contributed by atoms with Crippen molar-refractivity contribution in [2.24, 2.45) is 0 Å². The number of fused-ring (bicyclic) bond motifs is 2. The van der Waals surface area contributed by atoms with E-state index >= 15 is 0 Å². The van der Waals surface area contributed by atoms with Gasteiger partial charge in [0, 0.05) is 33.6 Å². The smallest absolute Gasteiger partial charge is 0.256 e. The van der Waals surface area contributed by atoms with E-state index < -0.39 is 6.10 Å². The van der Waals surface area contributed by atoms with Crippen LogP contribution in [0.2, 0.25) is 0 Å². The maximum Gasteiger partial charge on any atom is 0.256 e. The largest absolute Gasteiger partial charge is 0.458 e. The van der Waals surface area contributed by atoms with E-state index in [1.807, 2.05) is 61.5 Å². The first-order chi connectivity index (χ1) is 21.2. The number of aliphatic hydroxyl groups excluding tert-OH is 1. The van der Waals surface area contributed by atoms with Crippen molar-refractivity contribution in [1.82, 2.24) is 15.6 Å². The molecule has 1 unspecified atom stereocenters. The van der Waals surface area contributed by atoms with Gasteiger partial charge in [-0.3, -0.25) is 14.4 Å². The lowest BCUT2D eigenvalue weighted by Crippen LogP contribution is -2.29. The summed E-state index contributed by atoms with van der Waals surface area (Å²) in [5.74, 6) is -0.549. The maximum absolute atomic E-state index is 13.2. The number of aromatic amines is 1. The lowest BCUT2D eigenvalue weighted by molar-refractivity contribution is -0.110. The molecule has 0 fully saturated rings. The van der Waals surface area contributed by atoms with E-state index in [0.717, 1.165) is 10.9 Å². The number of hydrogen-bond donors (Lipinski definition) is 5. The predicted octanol–water partition coefficient (Wildman–Crippen LogP) is 5.82. The van der Waals surface area contributed by atoms with Crippen LogP contribution in [0.25, 0.3) is 22.6 Å². The van der Waals surface area contributed by atoms with E-state index in [2.05, 4.69) is 20.9 Å². The molecule has 222 valence electrons. The summed E-state index contributed by atoms with van der Waals surface area (Å²) in [6.07, 6.45) is 0.672. The predicted molar refractivity (Wildman–Crippen MR) is 169 cm³/mol. The number of aryl methyl sites for hydroxylation is 1. The van der Waals surface area contributed by atoms with Gasteiger partial charge in [-0.1, -0.05) is 48.5 Å². The van der Waals surface area contributed by atoms with Crippen molar-refractivity contribution in [2.45, 2.75) is 32.9 Å². The van der Waals surface area contributed by atoms with Gasteiger partial charge in [-0.2, -0.15) is 0 Å². The average molecular weight is 589 g/mol. The average Bonchev–Trinajstić information content (AvgIpc) is 3.68. The number of para-hydroxylation sites is 1. The van der Waals surface area contributed by atoms with Gasteiger partial charge in [0.15, 0.2) is 0 Å². The third kappa shape index (κ3) is 5.52. The molecule has 2 aromatic heterocycles. The topological polar surface area (TPSA) is 136 Å². The molecule has 0 saturated carbocycles. The van der Waals surface area contributed by atoms with Crippen LogP contribution in [0.1, 0.15) is 73.6 Å². The molecule has 0 spiro atoms. The lowest BCUT2D eigenvalue weighted by atomic mass is 10.0. The van der Waals surface area contributed by atoms with Crippen molar-refractivity contribution in [3.8, 4) is 0 Å². The van der Waals surface area contributed by atoms with Crippen LogP contribution in [0.15, 0.2) is 83.3 Å². The van der Waals surface area contributed by atoms with Crippen LogP contribution in [0.3, 0.4) is 0 Å². The summed E-state index contributed by atoms with van der Waals surface area (Å²) in [6.45, 7) is 5.45. The zero-order valence-electron chi connectivity index (χ0n) is 24.5. The first-order valence-electron chi connectivity index (χ1n) is 14.4. The van der Waals surface area contributed by atoms with Crippen molar-refractivity contribution in [2.75, 3.05) is 11.9 Å². The Bertz CT molecular complexity index is 1900. The summed E-state index contributed by atoms with van der Waals surface area (Å²) in [7, 11) is 0. The van der Waals surface area contributed by atoms with Gasteiger partial charge in [0.25, 0.3) is 17.7 Å². The molecule has 1 aliphatic rings. The van der Waals surface area contributed by atoms with Crippen LogP contribution in [0.4, 0.5) is 5.69 Å². The Kier molecular flexibility index (Phi) is 7.63. The SMILES string of the molecule is Cc1[nH]c(/C=C2\C(=O)Nc3ccc(C(=O)N[C@H](C)c4ccccc4)cc32)c(C)c1C(=O)NCC(O)c1cc2ccccc2o1. The number of furan rings is 1. The van der Waals surface area contributed by atoms with E-state index in [0.29, 0.717) is 56.2 Å². The van der Waals surface area contributed by atoms with Crippen LogP contribution in [0, 0.1) is 13.8 Å². The van der Waals surface area contributed by atoms with E-state index in [1.54, 1.807) is 44.2 Å². The van der Waals surface area contributed by atoms with Crippen molar-refractivity contribution in [3.63, 3.8) is 0 Å². The molecule has 2 atom stereocenters. The van der Waals surface area contributed by atoms with Gasteiger partial charge >= 0.3 is 0 Å². The Labute approximate surface area is 254 Å². The molecule has 3 amide bonds. The minimum absolute atomic E-state index is 0.0390. The first kappa shape index (κ1) is 28.7. The Hall–Kier alpha value is -5.41. The summed E-state index contributed by atoms with van der Waals surface area (Å²) in [5.41, 5.74) is 5.94. The molecule has 44 heavy (non-hydrogen) atoms. The fourth-order valence-corrected chi connectivity index (χ4v) is 5.53. The number of carbonyl (C=O) groups is 3. The molecule has 3 heterocycles. The molecule has 9 nitrogen and oxygen atoms in total. The quantitative estimate of drug-likeness (QED) is 0.145. The van der Waals surface area contributed by atoms with Crippen molar-refractivity contribution >= 4 is 46.0 Å². The molecule has 0 radical (unpaired) electrons. The van der Waals surface area contributed by atoms with Gasteiger partial charge < -0.3 is 30.5 Å². The summed E-state index contributed by atoms with van der Waals surface area (Å²) in [4.78, 5) is 42.5. The summed E-state index contributed by atoms with van der Waals surface area (Å²) in [5, 5.41) is 20.2. The highest BCUT2D eigenvalue weighted by atomic mass is 16.4. The monoisotopic (exact) mass is 588 g/mol. The minimum Gasteiger partial charge on any atom is -0.458 e. The van der Waals surface area contributed by atoms with Crippen molar-refractivity contribution < 1.29 is 23.9 Å². The summed E-state index contributed by atoms with van der Waals surface area (Å²) in [6, 6.07) is 23.8. The number of H-pyrrole nitrogens is 1. The zero-order chi connectivity index (χ0) is 31.0. The standard InChI is InChI=1S/C35H32N4O5/c1-19-28(37-21(3)32(19)35(43)36-18-29(40)31-16-23-11-7-8-12-30(23)44-31)17-26-25-15-24(13-14-27(25)39-34(26)42)33(41)38-20(2)22-9-5-4-6-10-22/h4-17,20,29,37,40H,18H2,1-3H3,(H,36,43)(H,38,41)(H,39,42)/b26-17-/t20-,29?/m1/s1. The maximum atomic E-state index is 13.2. The Morgan fingerprint density at radius 3 is 2.50 bits per heavy atom. The number of rotatable bonds is 8. The Morgan fingerprint density at radius 2 is 1.73 bits per heavy atom. The lowest BCUT2D eigenvalue weighted by Gasteiger charge is -2.14. The summed E-state index contributed by atoms with van der Waals surface area (Å²) < 4.78 is 5.72. The van der Waals surface area contributed by atoms with Gasteiger partial charge in [-0.05, 0) is 68.3 Å². The molecule has 3 aromatic carbocycles. The molecule has 1 aliphatic heterocycles. The number of aromatic nitrogens is 1. The van der Waals surface area contributed by atoms with Gasteiger partial charge in [-0.15, -0.1) is 0 Å². The number of amides is 3. The molecule has 9 heteroatoms. The number of anilines is 1. The summed E-state index contributed by atoms with van der Waals surface area (Å²) >= 11 is 0. The first-order valence-corrected chi connectivity index (χ1v) is 14.4.